The van der Waals surface area contributed by atoms with E-state index < -0.39 is 21.7 Å². The summed E-state index contributed by atoms with van der Waals surface area (Å²) in [5.41, 5.74) is 0.0600. The highest BCUT2D eigenvalue weighted by atomic mass is 35.5. The second-order valence-corrected chi connectivity index (χ2v) is 11.2. The first-order valence-electron chi connectivity index (χ1n) is 10.3. The molecule has 0 aromatic carbocycles. The van der Waals surface area contributed by atoms with E-state index in [4.69, 9.17) is 16.3 Å². The third-order valence-electron chi connectivity index (χ3n) is 5.67. The Hall–Kier alpha value is -2.15. The molecule has 2 aliphatic rings. The van der Waals surface area contributed by atoms with Gasteiger partial charge in [0, 0.05) is 25.0 Å². The normalized spacial score (nSPS) is 23.8. The van der Waals surface area contributed by atoms with Gasteiger partial charge in [0.15, 0.2) is 0 Å². The van der Waals surface area contributed by atoms with Crippen molar-refractivity contribution in [1.82, 2.24) is 20.2 Å². The summed E-state index contributed by atoms with van der Waals surface area (Å²) >= 11 is 7.24. The van der Waals surface area contributed by atoms with E-state index in [0.717, 1.165) is 0 Å². The second-order valence-electron chi connectivity index (χ2n) is 7.91. The van der Waals surface area contributed by atoms with Gasteiger partial charge < -0.3 is 15.0 Å². The Balaban J connectivity index is 1.21. The molecule has 0 bridgehead atoms. The number of alkyl carbamates (subject to hydrolysis) is 1. The molecule has 3 N–H and O–H groups in total. The van der Waals surface area contributed by atoms with E-state index in [1.54, 1.807) is 17.5 Å². The highest BCUT2D eigenvalue weighted by Gasteiger charge is 2.30. The molecule has 13 heteroatoms. The standard InChI is InChI=1S/C19H24ClN5O5S2/c20-17-15(10-21-23-18(17)26)25-8-7-14(11-25)30-19(27)22-12-3-5-13(6-4-12)24-32(28,29)16-2-1-9-31-16/h1-2,9-10,12-14,24H,3-8,11H2,(H,22,27)(H,23,26)/t12?,13?,14-/m1/s1. The van der Waals surface area contributed by atoms with Crippen molar-refractivity contribution < 1.29 is 17.9 Å². The van der Waals surface area contributed by atoms with Crippen molar-refractivity contribution in [1.29, 1.82) is 0 Å². The zero-order valence-corrected chi connectivity index (χ0v) is 19.5. The smallest absolute Gasteiger partial charge is 0.407 e. The molecule has 0 radical (unpaired) electrons. The number of aromatic nitrogens is 2. The van der Waals surface area contributed by atoms with Crippen LogP contribution in [-0.4, -0.2) is 56.0 Å². The van der Waals surface area contributed by atoms with Gasteiger partial charge in [0.1, 0.15) is 15.3 Å². The zero-order valence-electron chi connectivity index (χ0n) is 17.1. The van der Waals surface area contributed by atoms with Crippen LogP contribution < -0.4 is 20.5 Å². The molecule has 32 heavy (non-hydrogen) atoms. The fourth-order valence-electron chi connectivity index (χ4n) is 4.04. The number of hydrogen-bond acceptors (Lipinski definition) is 8. The van der Waals surface area contributed by atoms with Gasteiger partial charge >= 0.3 is 6.09 Å². The van der Waals surface area contributed by atoms with Gasteiger partial charge in [-0.2, -0.15) is 5.10 Å². The quantitative estimate of drug-likeness (QED) is 0.551. The average Bonchev–Trinajstić information content (AvgIpc) is 3.44. The third-order valence-corrected chi connectivity index (χ3v) is 8.95. The number of rotatable bonds is 6. The van der Waals surface area contributed by atoms with E-state index in [1.165, 1.54) is 17.5 Å². The first kappa shape index (κ1) is 23.0. The number of carbonyl (C=O) groups is 1. The molecule has 0 spiro atoms. The Kier molecular flexibility index (Phi) is 7.03. The maximum absolute atomic E-state index is 12.4. The predicted octanol–water partition coefficient (Wildman–Crippen LogP) is 2.08. The third kappa shape index (κ3) is 5.42. The summed E-state index contributed by atoms with van der Waals surface area (Å²) in [6.07, 6.45) is 3.90. The molecular weight excluding hydrogens is 478 g/mol. The number of nitrogens with one attached hydrogen (secondary N) is 3. The summed E-state index contributed by atoms with van der Waals surface area (Å²) in [7, 11) is -3.49. The minimum Gasteiger partial charge on any atom is -0.444 e. The molecule has 1 atom stereocenters. The molecule has 3 heterocycles. The number of ether oxygens (including phenoxy) is 1. The van der Waals surface area contributed by atoms with Crippen LogP contribution in [0, 0.1) is 0 Å². The van der Waals surface area contributed by atoms with Crippen LogP contribution in [0.4, 0.5) is 10.5 Å². The molecule has 2 aromatic rings. The first-order chi connectivity index (χ1) is 15.3. The Morgan fingerprint density at radius 1 is 1.25 bits per heavy atom. The van der Waals surface area contributed by atoms with E-state index in [1.807, 2.05) is 4.90 Å². The second kappa shape index (κ2) is 9.77. The lowest BCUT2D eigenvalue weighted by molar-refractivity contribution is 0.102. The monoisotopic (exact) mass is 501 g/mol. The molecule has 10 nitrogen and oxygen atoms in total. The number of hydrogen-bond donors (Lipinski definition) is 3. The predicted molar refractivity (Wildman–Crippen MR) is 121 cm³/mol. The largest absolute Gasteiger partial charge is 0.444 e. The number of nitrogens with zero attached hydrogens (tertiary/aromatic N) is 2. The number of sulfonamides is 1. The Bertz CT molecular complexity index is 1100. The summed E-state index contributed by atoms with van der Waals surface area (Å²) < 4.78 is 33.3. The van der Waals surface area contributed by atoms with Crippen molar-refractivity contribution >= 4 is 44.7 Å². The zero-order chi connectivity index (χ0) is 22.7. The van der Waals surface area contributed by atoms with E-state index in [2.05, 4.69) is 20.2 Å². The number of amides is 1. The van der Waals surface area contributed by atoms with Gasteiger partial charge in [-0.05, 0) is 37.1 Å². The van der Waals surface area contributed by atoms with Crippen molar-refractivity contribution in [2.24, 2.45) is 0 Å². The van der Waals surface area contributed by atoms with Gasteiger partial charge in [-0.3, -0.25) is 4.79 Å². The first-order valence-corrected chi connectivity index (χ1v) is 13.1. The molecule has 1 amide bonds. The summed E-state index contributed by atoms with van der Waals surface area (Å²) in [5, 5.41) is 10.7. The Morgan fingerprint density at radius 3 is 2.72 bits per heavy atom. The molecule has 174 valence electrons. The molecule has 1 saturated heterocycles. The van der Waals surface area contributed by atoms with Crippen molar-refractivity contribution in [2.75, 3.05) is 18.0 Å². The van der Waals surface area contributed by atoms with Gasteiger partial charge in [0.2, 0.25) is 10.0 Å². The van der Waals surface area contributed by atoms with Crippen LogP contribution in [0.25, 0.3) is 0 Å². The van der Waals surface area contributed by atoms with Crippen LogP contribution >= 0.6 is 22.9 Å². The van der Waals surface area contributed by atoms with Gasteiger partial charge in [-0.25, -0.2) is 23.0 Å². The van der Waals surface area contributed by atoms with Gasteiger partial charge in [-0.15, -0.1) is 11.3 Å². The summed E-state index contributed by atoms with van der Waals surface area (Å²) in [4.78, 5) is 25.8. The van der Waals surface area contributed by atoms with Crippen molar-refractivity contribution in [2.45, 2.75) is 54.5 Å². The Morgan fingerprint density at radius 2 is 2.00 bits per heavy atom. The van der Waals surface area contributed by atoms with Crippen molar-refractivity contribution in [3.8, 4) is 0 Å². The number of thiophene rings is 1. The molecule has 0 unspecified atom stereocenters. The Labute approximate surface area is 194 Å². The maximum Gasteiger partial charge on any atom is 0.407 e. The maximum atomic E-state index is 12.4. The minimum atomic E-state index is -3.49. The molecule has 1 saturated carbocycles. The van der Waals surface area contributed by atoms with Crippen LogP contribution in [0.15, 0.2) is 32.7 Å². The van der Waals surface area contributed by atoms with E-state index in [0.29, 0.717) is 55.1 Å². The lowest BCUT2D eigenvalue weighted by Gasteiger charge is -2.29. The molecule has 1 aliphatic heterocycles. The summed E-state index contributed by atoms with van der Waals surface area (Å²) in [6, 6.07) is 3.08. The van der Waals surface area contributed by atoms with Crippen LogP contribution in [0.3, 0.4) is 0 Å². The number of aromatic amines is 1. The minimum absolute atomic E-state index is 0.0613. The average molecular weight is 502 g/mol. The SMILES string of the molecule is O=C(NC1CCC(NS(=O)(=O)c2cccs2)CC1)O[C@@H]1CCN(c2cn[nH]c(=O)c2Cl)C1. The van der Waals surface area contributed by atoms with Gasteiger partial charge in [0.05, 0.1) is 18.4 Å². The molecule has 2 fully saturated rings. The van der Waals surface area contributed by atoms with Crippen LogP contribution in [0.2, 0.25) is 5.02 Å². The number of carbonyl (C=O) groups excluding carboxylic acids is 1. The van der Waals surface area contributed by atoms with Crippen LogP contribution in [0.1, 0.15) is 32.1 Å². The van der Waals surface area contributed by atoms with E-state index >= 15 is 0 Å². The van der Waals surface area contributed by atoms with Crippen molar-refractivity contribution in [3.63, 3.8) is 0 Å². The summed E-state index contributed by atoms with van der Waals surface area (Å²) in [6.45, 7) is 1.02. The van der Waals surface area contributed by atoms with Gasteiger partial charge in [-0.1, -0.05) is 17.7 Å². The van der Waals surface area contributed by atoms with Crippen molar-refractivity contribution in [3.05, 3.63) is 39.1 Å². The van der Waals surface area contributed by atoms with Gasteiger partial charge in [0.25, 0.3) is 5.56 Å². The lowest BCUT2D eigenvalue weighted by Crippen LogP contribution is -2.44. The highest BCUT2D eigenvalue weighted by molar-refractivity contribution is 7.91. The summed E-state index contributed by atoms with van der Waals surface area (Å²) in [5.74, 6) is 0. The molecule has 2 aromatic heterocycles. The lowest BCUT2D eigenvalue weighted by atomic mass is 9.92. The fourth-order valence-corrected chi connectivity index (χ4v) is 6.56. The topological polar surface area (TPSA) is 133 Å². The molecular formula is C19H24ClN5O5S2. The highest BCUT2D eigenvalue weighted by Crippen LogP contribution is 2.26. The molecule has 4 rings (SSSR count). The van der Waals surface area contributed by atoms with E-state index in [-0.39, 0.29) is 23.2 Å². The van der Waals surface area contributed by atoms with Crippen LogP contribution in [-0.2, 0) is 14.8 Å². The van der Waals surface area contributed by atoms with Crippen LogP contribution in [0.5, 0.6) is 0 Å². The fraction of sp³-hybridized carbons (Fsp3) is 0.526. The van der Waals surface area contributed by atoms with E-state index in [9.17, 15) is 18.0 Å². The number of halogens is 1. The number of H-pyrrole nitrogens is 1. The number of anilines is 1. The molecule has 1 aliphatic carbocycles.